The van der Waals surface area contributed by atoms with E-state index in [9.17, 15) is 26.4 Å². The van der Waals surface area contributed by atoms with Crippen molar-refractivity contribution in [1.82, 2.24) is 0 Å². The summed E-state index contributed by atoms with van der Waals surface area (Å²) in [6.45, 7) is -0.341. The largest absolute Gasteiger partial charge is 0.457 e. The molecule has 25 heavy (non-hydrogen) atoms. The van der Waals surface area contributed by atoms with E-state index in [0.717, 1.165) is 18.4 Å². The lowest BCUT2D eigenvalue weighted by molar-refractivity contribution is -0.137. The van der Waals surface area contributed by atoms with Gasteiger partial charge in [0.05, 0.1) is 17.4 Å². The Morgan fingerprint density at radius 3 is 2.44 bits per heavy atom. The Morgan fingerprint density at radius 1 is 1.12 bits per heavy atom. The number of ether oxygens (including phenoxy) is 1. The van der Waals surface area contributed by atoms with Gasteiger partial charge in [0.25, 0.3) is 0 Å². The molecule has 2 rings (SSSR count). The number of rotatable bonds is 5. The van der Waals surface area contributed by atoms with Gasteiger partial charge in [-0.2, -0.15) is 13.2 Å². The molecule has 0 saturated carbocycles. The summed E-state index contributed by atoms with van der Waals surface area (Å²) >= 11 is 0. The molecule has 0 aliphatic carbocycles. The third-order valence-electron chi connectivity index (χ3n) is 3.03. The standard InChI is InChI=1S/C16H14F3NO4S/c1-25(22,23)20-14-7-3-5-12(9-14)15(21)24-10-11-4-2-6-13(8-11)16(17,18)19/h2-9,20H,10H2,1H3. The molecule has 0 aromatic heterocycles. The highest BCUT2D eigenvalue weighted by Gasteiger charge is 2.30. The predicted molar refractivity (Wildman–Crippen MR) is 85.5 cm³/mol. The average molecular weight is 373 g/mol. The maximum atomic E-state index is 12.6. The van der Waals surface area contributed by atoms with E-state index < -0.39 is 27.7 Å². The molecule has 134 valence electrons. The van der Waals surface area contributed by atoms with Crippen LogP contribution in [0.1, 0.15) is 21.5 Å². The molecule has 0 saturated heterocycles. The highest BCUT2D eigenvalue weighted by Crippen LogP contribution is 2.29. The van der Waals surface area contributed by atoms with Crippen molar-refractivity contribution in [1.29, 1.82) is 0 Å². The summed E-state index contributed by atoms with van der Waals surface area (Å²) in [4.78, 5) is 12.0. The van der Waals surface area contributed by atoms with Gasteiger partial charge in [0.2, 0.25) is 10.0 Å². The van der Waals surface area contributed by atoms with Gasteiger partial charge in [-0.15, -0.1) is 0 Å². The van der Waals surface area contributed by atoms with Crippen LogP contribution in [-0.4, -0.2) is 20.6 Å². The highest BCUT2D eigenvalue weighted by molar-refractivity contribution is 7.92. The highest BCUT2D eigenvalue weighted by atomic mass is 32.2. The number of alkyl halides is 3. The molecule has 0 bridgehead atoms. The van der Waals surface area contributed by atoms with Crippen LogP contribution in [0, 0.1) is 0 Å². The molecule has 0 radical (unpaired) electrons. The minimum atomic E-state index is -4.48. The number of esters is 1. The van der Waals surface area contributed by atoms with E-state index >= 15 is 0 Å². The van der Waals surface area contributed by atoms with Crippen LogP contribution in [0.5, 0.6) is 0 Å². The first kappa shape index (κ1) is 18.8. The van der Waals surface area contributed by atoms with Crippen LogP contribution in [0.15, 0.2) is 48.5 Å². The summed E-state index contributed by atoms with van der Waals surface area (Å²) in [5.41, 5.74) is -0.398. The first-order chi connectivity index (χ1) is 11.5. The Morgan fingerprint density at radius 2 is 1.80 bits per heavy atom. The number of benzene rings is 2. The Kier molecular flexibility index (Phi) is 5.36. The van der Waals surface area contributed by atoms with E-state index in [0.29, 0.717) is 0 Å². The van der Waals surface area contributed by atoms with Crippen LogP contribution in [0.4, 0.5) is 18.9 Å². The van der Waals surface area contributed by atoms with Crippen molar-refractivity contribution in [3.8, 4) is 0 Å². The average Bonchev–Trinajstić information content (AvgIpc) is 2.50. The summed E-state index contributed by atoms with van der Waals surface area (Å²) in [6.07, 6.45) is -3.52. The fourth-order valence-electron chi connectivity index (χ4n) is 1.99. The molecular formula is C16H14F3NO4S. The van der Waals surface area contributed by atoms with Crippen molar-refractivity contribution in [3.63, 3.8) is 0 Å². The van der Waals surface area contributed by atoms with Crippen molar-refractivity contribution in [2.24, 2.45) is 0 Å². The van der Waals surface area contributed by atoms with Crippen LogP contribution >= 0.6 is 0 Å². The molecule has 0 atom stereocenters. The van der Waals surface area contributed by atoms with Gasteiger partial charge in [0.1, 0.15) is 6.61 Å². The summed E-state index contributed by atoms with van der Waals surface area (Å²) in [7, 11) is -3.50. The first-order valence-electron chi connectivity index (χ1n) is 6.96. The second kappa shape index (κ2) is 7.14. The van der Waals surface area contributed by atoms with Gasteiger partial charge >= 0.3 is 12.1 Å². The number of hydrogen-bond donors (Lipinski definition) is 1. The van der Waals surface area contributed by atoms with Crippen molar-refractivity contribution in [2.75, 3.05) is 11.0 Å². The molecule has 0 fully saturated rings. The van der Waals surface area contributed by atoms with Gasteiger partial charge in [0, 0.05) is 5.69 Å². The molecule has 0 heterocycles. The van der Waals surface area contributed by atoms with E-state index in [1.54, 1.807) is 0 Å². The lowest BCUT2D eigenvalue weighted by Gasteiger charge is -2.10. The second-order valence-corrected chi connectivity index (χ2v) is 6.98. The lowest BCUT2D eigenvalue weighted by Crippen LogP contribution is -2.11. The van der Waals surface area contributed by atoms with Crippen molar-refractivity contribution < 1.29 is 31.1 Å². The number of carbonyl (C=O) groups is 1. The first-order valence-corrected chi connectivity index (χ1v) is 8.85. The van der Waals surface area contributed by atoms with Crippen molar-refractivity contribution in [3.05, 3.63) is 65.2 Å². The summed E-state index contributed by atoms with van der Waals surface area (Å²) in [5.74, 6) is -0.783. The molecule has 9 heteroatoms. The van der Waals surface area contributed by atoms with Gasteiger partial charge < -0.3 is 4.74 Å². The Bertz CT molecular complexity index is 879. The van der Waals surface area contributed by atoms with E-state index in [2.05, 4.69) is 4.72 Å². The second-order valence-electron chi connectivity index (χ2n) is 5.23. The third-order valence-corrected chi connectivity index (χ3v) is 3.63. The molecule has 2 aromatic rings. The summed E-state index contributed by atoms with van der Waals surface area (Å²) < 4.78 is 67.5. The molecule has 0 amide bonds. The van der Waals surface area contributed by atoms with Crippen LogP contribution in [0.3, 0.4) is 0 Å². The van der Waals surface area contributed by atoms with Gasteiger partial charge in [0.15, 0.2) is 0 Å². The van der Waals surface area contributed by atoms with E-state index in [1.165, 1.54) is 36.4 Å². The molecule has 5 nitrogen and oxygen atoms in total. The van der Waals surface area contributed by atoms with Crippen molar-refractivity contribution >= 4 is 21.7 Å². The number of anilines is 1. The topological polar surface area (TPSA) is 72.5 Å². The normalized spacial score (nSPS) is 11.8. The summed E-state index contributed by atoms with van der Waals surface area (Å²) in [6, 6.07) is 10.0. The molecular weight excluding hydrogens is 359 g/mol. The number of sulfonamides is 1. The Balaban J connectivity index is 2.07. The molecule has 0 spiro atoms. The number of nitrogens with one attached hydrogen (secondary N) is 1. The van der Waals surface area contributed by atoms with Gasteiger partial charge in [-0.1, -0.05) is 18.2 Å². The smallest absolute Gasteiger partial charge is 0.416 e. The van der Waals surface area contributed by atoms with Crippen LogP contribution in [-0.2, 0) is 27.5 Å². The van der Waals surface area contributed by atoms with E-state index in [-0.39, 0.29) is 23.4 Å². The van der Waals surface area contributed by atoms with Gasteiger partial charge in [-0.05, 0) is 35.9 Å². The van der Waals surface area contributed by atoms with Crippen LogP contribution in [0.25, 0.3) is 0 Å². The van der Waals surface area contributed by atoms with E-state index in [1.807, 2.05) is 0 Å². The number of halogens is 3. The van der Waals surface area contributed by atoms with Gasteiger partial charge in [-0.3, -0.25) is 4.72 Å². The maximum absolute atomic E-state index is 12.6. The number of carbonyl (C=O) groups excluding carboxylic acids is 1. The zero-order valence-corrected chi connectivity index (χ0v) is 13.8. The SMILES string of the molecule is CS(=O)(=O)Nc1cccc(C(=O)OCc2cccc(C(F)(F)F)c2)c1. The minimum Gasteiger partial charge on any atom is -0.457 e. The lowest BCUT2D eigenvalue weighted by atomic mass is 10.1. The minimum absolute atomic E-state index is 0.0700. The zero-order valence-electron chi connectivity index (χ0n) is 13.0. The van der Waals surface area contributed by atoms with E-state index in [4.69, 9.17) is 4.74 Å². The van der Waals surface area contributed by atoms with Crippen LogP contribution in [0.2, 0.25) is 0 Å². The molecule has 1 N–H and O–H groups in total. The predicted octanol–water partition coefficient (Wildman–Crippen LogP) is 3.43. The Hall–Kier alpha value is -2.55. The third kappa shape index (κ3) is 5.79. The van der Waals surface area contributed by atoms with Crippen LogP contribution < -0.4 is 4.72 Å². The molecule has 2 aromatic carbocycles. The molecule has 0 aliphatic heterocycles. The number of hydrogen-bond acceptors (Lipinski definition) is 4. The Labute approximate surface area is 142 Å². The van der Waals surface area contributed by atoms with Crippen molar-refractivity contribution in [2.45, 2.75) is 12.8 Å². The summed E-state index contributed by atoms with van der Waals surface area (Å²) in [5, 5.41) is 0. The fourth-order valence-corrected chi connectivity index (χ4v) is 2.55. The zero-order chi connectivity index (χ0) is 18.7. The quantitative estimate of drug-likeness (QED) is 0.815. The van der Waals surface area contributed by atoms with Gasteiger partial charge in [-0.25, -0.2) is 13.2 Å². The monoisotopic (exact) mass is 373 g/mol. The maximum Gasteiger partial charge on any atom is 0.416 e. The molecule has 0 aliphatic rings. The fraction of sp³-hybridized carbons (Fsp3) is 0.188. The molecule has 0 unspecified atom stereocenters.